The van der Waals surface area contributed by atoms with Crippen LogP contribution in [0, 0.1) is 0 Å². The fourth-order valence-corrected chi connectivity index (χ4v) is 4.70. The molecule has 1 aliphatic rings. The number of carbonyl (C=O) groups is 2. The maximum atomic E-state index is 12.3. The van der Waals surface area contributed by atoms with E-state index >= 15 is 0 Å². The quantitative estimate of drug-likeness (QED) is 0.489. The van der Waals surface area contributed by atoms with Gasteiger partial charge in [0.25, 0.3) is 0 Å². The minimum atomic E-state index is -0.323. The van der Waals surface area contributed by atoms with Crippen molar-refractivity contribution in [2.45, 2.75) is 84.0 Å². The predicted molar refractivity (Wildman–Crippen MR) is 104 cm³/mol. The number of amides is 1. The third-order valence-corrected chi connectivity index (χ3v) is 6.03. The van der Waals surface area contributed by atoms with E-state index in [-0.39, 0.29) is 11.9 Å². The molecule has 0 saturated carbocycles. The summed E-state index contributed by atoms with van der Waals surface area (Å²) in [5.41, 5.74) is 1.71. The van der Waals surface area contributed by atoms with Crippen LogP contribution in [0.4, 0.5) is 5.00 Å². The average molecular weight is 366 g/mol. The lowest BCUT2D eigenvalue weighted by Crippen LogP contribution is -2.14. The van der Waals surface area contributed by atoms with Gasteiger partial charge in [-0.05, 0) is 37.7 Å². The second kappa shape index (κ2) is 10.6. The second-order valence-corrected chi connectivity index (χ2v) is 7.93. The number of anilines is 1. The molecule has 1 aromatic rings. The molecule has 0 atom stereocenters. The van der Waals surface area contributed by atoms with Gasteiger partial charge in [-0.1, -0.05) is 45.4 Å². The molecule has 1 heterocycles. The molecule has 0 aliphatic heterocycles. The first kappa shape index (κ1) is 20.0. The van der Waals surface area contributed by atoms with Crippen LogP contribution in [-0.2, 0) is 22.4 Å². The topological polar surface area (TPSA) is 55.4 Å². The Labute approximate surface area is 155 Å². The van der Waals surface area contributed by atoms with Crippen molar-refractivity contribution in [1.29, 1.82) is 0 Å². The summed E-state index contributed by atoms with van der Waals surface area (Å²) in [6.45, 7) is 2.18. The number of unbranched alkanes of at least 4 members (excludes halogenated alkanes) is 4. The van der Waals surface area contributed by atoms with E-state index in [4.69, 9.17) is 4.74 Å². The smallest absolute Gasteiger partial charge is 0.341 e. The zero-order valence-corrected chi connectivity index (χ0v) is 16.4. The van der Waals surface area contributed by atoms with E-state index in [1.807, 2.05) is 0 Å². The van der Waals surface area contributed by atoms with Crippen molar-refractivity contribution in [3.63, 3.8) is 0 Å². The van der Waals surface area contributed by atoms with Gasteiger partial charge in [0, 0.05) is 11.3 Å². The predicted octanol–water partition coefficient (Wildman–Crippen LogP) is 5.49. The van der Waals surface area contributed by atoms with Crippen molar-refractivity contribution in [1.82, 2.24) is 0 Å². The first-order valence-electron chi connectivity index (χ1n) is 9.70. The van der Waals surface area contributed by atoms with E-state index in [9.17, 15) is 9.59 Å². The zero-order valence-electron chi connectivity index (χ0n) is 15.6. The maximum absolute atomic E-state index is 12.3. The largest absolute Gasteiger partial charge is 0.465 e. The van der Waals surface area contributed by atoms with Crippen LogP contribution in [0.3, 0.4) is 0 Å². The van der Waals surface area contributed by atoms with Gasteiger partial charge in [-0.25, -0.2) is 4.79 Å². The van der Waals surface area contributed by atoms with Crippen LogP contribution in [0.15, 0.2) is 0 Å². The summed E-state index contributed by atoms with van der Waals surface area (Å²) in [5, 5.41) is 3.69. The van der Waals surface area contributed by atoms with Crippen LogP contribution in [-0.4, -0.2) is 19.0 Å². The molecule has 1 aromatic heterocycles. The normalized spacial score (nSPS) is 14.3. The van der Waals surface area contributed by atoms with Crippen LogP contribution in [0.2, 0.25) is 0 Å². The van der Waals surface area contributed by atoms with E-state index < -0.39 is 0 Å². The van der Waals surface area contributed by atoms with Gasteiger partial charge in [-0.3, -0.25) is 4.79 Å². The molecule has 1 N–H and O–H groups in total. The van der Waals surface area contributed by atoms with Gasteiger partial charge in [0.15, 0.2) is 0 Å². The molecule has 0 bridgehead atoms. The van der Waals surface area contributed by atoms with Gasteiger partial charge >= 0.3 is 5.97 Å². The number of nitrogens with one attached hydrogen (secondary N) is 1. The highest BCUT2D eigenvalue weighted by molar-refractivity contribution is 7.17. The number of esters is 1. The molecule has 1 amide bonds. The number of rotatable bonds is 8. The number of hydrogen-bond donors (Lipinski definition) is 1. The van der Waals surface area contributed by atoms with Crippen LogP contribution in [0.25, 0.3) is 0 Å². The number of hydrogen-bond acceptors (Lipinski definition) is 4. The van der Waals surface area contributed by atoms with Gasteiger partial charge < -0.3 is 10.1 Å². The van der Waals surface area contributed by atoms with Crippen molar-refractivity contribution >= 4 is 28.2 Å². The molecule has 5 heteroatoms. The number of aryl methyl sites for hydroxylation is 1. The van der Waals surface area contributed by atoms with Crippen molar-refractivity contribution in [3.8, 4) is 0 Å². The molecule has 0 radical (unpaired) electrons. The molecule has 25 heavy (non-hydrogen) atoms. The van der Waals surface area contributed by atoms with Gasteiger partial charge in [0.2, 0.25) is 5.91 Å². The molecule has 0 unspecified atom stereocenters. The summed E-state index contributed by atoms with van der Waals surface area (Å²) >= 11 is 1.57. The molecule has 4 nitrogen and oxygen atoms in total. The van der Waals surface area contributed by atoms with Gasteiger partial charge in [-0.2, -0.15) is 0 Å². The van der Waals surface area contributed by atoms with Crippen LogP contribution < -0.4 is 5.32 Å². The highest BCUT2D eigenvalue weighted by Gasteiger charge is 2.25. The molecule has 0 fully saturated rings. The van der Waals surface area contributed by atoms with E-state index in [1.54, 1.807) is 11.3 Å². The van der Waals surface area contributed by atoms with Crippen molar-refractivity contribution in [3.05, 3.63) is 16.0 Å². The minimum absolute atomic E-state index is 0.0101. The van der Waals surface area contributed by atoms with E-state index in [1.165, 1.54) is 44.1 Å². The number of methoxy groups -OCH3 is 1. The molecular weight excluding hydrogens is 334 g/mol. The summed E-state index contributed by atoms with van der Waals surface area (Å²) in [6.07, 6.45) is 12.7. The second-order valence-electron chi connectivity index (χ2n) is 6.83. The van der Waals surface area contributed by atoms with Crippen molar-refractivity contribution < 1.29 is 14.3 Å². The minimum Gasteiger partial charge on any atom is -0.465 e. The number of fused-ring (bicyclic) bond motifs is 1. The fourth-order valence-electron chi connectivity index (χ4n) is 3.40. The summed E-state index contributed by atoms with van der Waals surface area (Å²) in [7, 11) is 1.41. The van der Waals surface area contributed by atoms with Crippen LogP contribution in [0.1, 0.15) is 91.9 Å². The Hall–Kier alpha value is -1.36. The standard InChI is InChI=1S/C20H31NO3S/c1-3-4-5-6-11-14-17(22)21-19-18(20(23)24-2)15-12-9-7-8-10-13-16(15)25-19/h3-14H2,1-2H3,(H,21,22). The molecule has 0 spiro atoms. The van der Waals surface area contributed by atoms with E-state index in [0.29, 0.717) is 17.0 Å². The van der Waals surface area contributed by atoms with Gasteiger partial charge in [-0.15, -0.1) is 11.3 Å². The lowest BCUT2D eigenvalue weighted by molar-refractivity contribution is -0.116. The summed E-state index contributed by atoms with van der Waals surface area (Å²) in [6, 6.07) is 0. The molecule has 0 aromatic carbocycles. The third-order valence-electron chi connectivity index (χ3n) is 4.82. The lowest BCUT2D eigenvalue weighted by Gasteiger charge is -2.11. The zero-order chi connectivity index (χ0) is 18.1. The highest BCUT2D eigenvalue weighted by Crippen LogP contribution is 2.37. The summed E-state index contributed by atoms with van der Waals surface area (Å²) < 4.78 is 5.00. The van der Waals surface area contributed by atoms with E-state index in [0.717, 1.165) is 44.1 Å². The van der Waals surface area contributed by atoms with Crippen molar-refractivity contribution in [2.24, 2.45) is 0 Å². The lowest BCUT2D eigenvalue weighted by atomic mass is 9.96. The fraction of sp³-hybridized carbons (Fsp3) is 0.700. The highest BCUT2D eigenvalue weighted by atomic mass is 32.1. The Balaban J connectivity index is 2.06. The molecule has 2 rings (SSSR count). The number of thiophene rings is 1. The molecule has 0 saturated heterocycles. The number of ether oxygens (including phenoxy) is 1. The Kier molecular flexibility index (Phi) is 8.45. The summed E-state index contributed by atoms with van der Waals surface area (Å²) in [5.74, 6) is -0.313. The molecule has 1 aliphatic carbocycles. The third kappa shape index (κ3) is 5.84. The van der Waals surface area contributed by atoms with Crippen molar-refractivity contribution in [2.75, 3.05) is 12.4 Å². The molecular formula is C20H31NO3S. The van der Waals surface area contributed by atoms with E-state index in [2.05, 4.69) is 12.2 Å². The van der Waals surface area contributed by atoms with Crippen LogP contribution in [0.5, 0.6) is 0 Å². The summed E-state index contributed by atoms with van der Waals surface area (Å²) in [4.78, 5) is 25.9. The maximum Gasteiger partial charge on any atom is 0.341 e. The van der Waals surface area contributed by atoms with Gasteiger partial charge in [0.1, 0.15) is 5.00 Å². The SMILES string of the molecule is CCCCCCCC(=O)Nc1sc2c(c1C(=O)OC)CCCCCC2. The Bertz CT molecular complexity index is 580. The first-order chi connectivity index (χ1) is 12.2. The Morgan fingerprint density at radius 1 is 1.04 bits per heavy atom. The van der Waals surface area contributed by atoms with Gasteiger partial charge in [0.05, 0.1) is 12.7 Å². The number of carbonyl (C=O) groups excluding carboxylic acids is 2. The average Bonchev–Trinajstić information content (AvgIpc) is 2.90. The monoisotopic (exact) mass is 365 g/mol. The first-order valence-corrected chi connectivity index (χ1v) is 10.5. The van der Waals surface area contributed by atoms with Crippen LogP contribution >= 0.6 is 11.3 Å². The Morgan fingerprint density at radius 2 is 1.76 bits per heavy atom. The Morgan fingerprint density at radius 3 is 2.48 bits per heavy atom. The molecule has 140 valence electrons.